The summed E-state index contributed by atoms with van der Waals surface area (Å²) >= 11 is 1.60. The quantitative estimate of drug-likeness (QED) is 0.704. The van der Waals surface area contributed by atoms with Gasteiger partial charge in [0.2, 0.25) is 5.91 Å². The van der Waals surface area contributed by atoms with E-state index in [4.69, 9.17) is 0 Å². The van der Waals surface area contributed by atoms with Gasteiger partial charge in [0.15, 0.2) is 0 Å². The highest BCUT2D eigenvalue weighted by atomic mass is 32.1. The molecule has 23 heavy (non-hydrogen) atoms. The number of carbonyl (C=O) groups is 1. The number of carbonyl (C=O) groups excluding carboxylic acids is 1. The van der Waals surface area contributed by atoms with Crippen LogP contribution in [-0.4, -0.2) is 10.9 Å². The molecule has 0 unspecified atom stereocenters. The maximum atomic E-state index is 12.1. The number of hydrogen-bond acceptors (Lipinski definition) is 3. The van der Waals surface area contributed by atoms with E-state index in [2.05, 4.69) is 10.3 Å². The summed E-state index contributed by atoms with van der Waals surface area (Å²) in [5.74, 6) is -0.131. The van der Waals surface area contributed by atoms with E-state index in [1.54, 1.807) is 29.8 Å². The highest BCUT2D eigenvalue weighted by Gasteiger charge is 2.05. The Balaban J connectivity index is 1.78. The Morgan fingerprint density at radius 2 is 1.96 bits per heavy atom. The van der Waals surface area contributed by atoms with Crippen molar-refractivity contribution in [2.45, 2.75) is 6.92 Å². The molecule has 1 aromatic carbocycles. The lowest BCUT2D eigenvalue weighted by molar-refractivity contribution is -0.111. The fraction of sp³-hybridized carbons (Fsp3) is 0.0526. The van der Waals surface area contributed by atoms with E-state index in [9.17, 15) is 4.79 Å². The summed E-state index contributed by atoms with van der Waals surface area (Å²) in [7, 11) is 0. The number of amides is 1. The zero-order valence-electron chi connectivity index (χ0n) is 12.7. The van der Waals surface area contributed by atoms with Crippen molar-refractivity contribution >= 4 is 29.0 Å². The lowest BCUT2D eigenvalue weighted by Gasteiger charge is -2.09. The van der Waals surface area contributed by atoms with Gasteiger partial charge in [0.1, 0.15) is 0 Å². The van der Waals surface area contributed by atoms with Crippen LogP contribution in [0.15, 0.2) is 66.3 Å². The third kappa shape index (κ3) is 3.93. The van der Waals surface area contributed by atoms with Crippen molar-refractivity contribution in [3.63, 3.8) is 0 Å². The number of hydrogen-bond donors (Lipinski definition) is 1. The Hall–Kier alpha value is -2.72. The van der Waals surface area contributed by atoms with Crippen LogP contribution in [0.25, 0.3) is 17.2 Å². The van der Waals surface area contributed by atoms with Crippen molar-refractivity contribution in [2.75, 3.05) is 5.32 Å². The molecule has 0 saturated heterocycles. The zero-order valence-corrected chi connectivity index (χ0v) is 13.5. The molecule has 0 aliphatic carbocycles. The Labute approximate surface area is 139 Å². The van der Waals surface area contributed by atoms with Gasteiger partial charge in [-0.25, -0.2) is 0 Å². The first-order chi connectivity index (χ1) is 11.2. The number of rotatable bonds is 4. The number of benzene rings is 1. The summed E-state index contributed by atoms with van der Waals surface area (Å²) in [6.07, 6.45) is 6.90. The van der Waals surface area contributed by atoms with E-state index in [1.807, 2.05) is 60.8 Å². The van der Waals surface area contributed by atoms with Gasteiger partial charge >= 0.3 is 0 Å². The minimum absolute atomic E-state index is 0.131. The van der Waals surface area contributed by atoms with E-state index in [-0.39, 0.29) is 5.91 Å². The number of aromatic nitrogens is 1. The van der Waals surface area contributed by atoms with Gasteiger partial charge in [0, 0.05) is 29.0 Å². The summed E-state index contributed by atoms with van der Waals surface area (Å²) in [5.41, 5.74) is 3.97. The second kappa shape index (κ2) is 7.03. The zero-order chi connectivity index (χ0) is 16.1. The predicted molar refractivity (Wildman–Crippen MR) is 96.4 cm³/mol. The van der Waals surface area contributed by atoms with E-state index in [0.717, 1.165) is 27.3 Å². The molecular formula is C19H16N2OS. The Bertz CT molecular complexity index is 824. The molecule has 0 aliphatic heterocycles. The molecule has 2 aromatic heterocycles. The standard InChI is InChI=1S/C19H16N2OS/c1-14-4-5-16(15-8-10-20-11-9-15)13-18(14)21-19(22)7-6-17-3-2-12-23-17/h2-13H,1H3,(H,21,22)/b7-6+. The second-order valence-electron chi connectivity index (χ2n) is 5.10. The molecule has 0 aliphatic rings. The molecule has 3 nitrogen and oxygen atoms in total. The van der Waals surface area contributed by atoms with Crippen LogP contribution in [0.5, 0.6) is 0 Å². The van der Waals surface area contributed by atoms with Gasteiger partial charge in [-0.05, 0) is 59.3 Å². The minimum atomic E-state index is -0.131. The minimum Gasteiger partial charge on any atom is -0.322 e. The fourth-order valence-corrected chi connectivity index (χ4v) is 2.82. The lowest BCUT2D eigenvalue weighted by Crippen LogP contribution is -2.09. The van der Waals surface area contributed by atoms with Gasteiger partial charge in [-0.3, -0.25) is 9.78 Å². The molecular weight excluding hydrogens is 304 g/mol. The SMILES string of the molecule is Cc1ccc(-c2ccncc2)cc1NC(=O)/C=C/c1cccs1. The summed E-state index contributed by atoms with van der Waals surface area (Å²) in [6.45, 7) is 1.98. The Morgan fingerprint density at radius 1 is 1.13 bits per heavy atom. The van der Waals surface area contributed by atoms with E-state index < -0.39 is 0 Å². The number of nitrogens with zero attached hydrogens (tertiary/aromatic N) is 1. The molecule has 0 atom stereocenters. The van der Waals surface area contributed by atoms with Crippen LogP contribution in [0.1, 0.15) is 10.4 Å². The largest absolute Gasteiger partial charge is 0.322 e. The molecule has 0 fully saturated rings. The molecule has 0 saturated carbocycles. The van der Waals surface area contributed by atoms with E-state index in [0.29, 0.717) is 0 Å². The van der Waals surface area contributed by atoms with Gasteiger partial charge in [-0.15, -0.1) is 11.3 Å². The average Bonchev–Trinajstić information content (AvgIpc) is 3.09. The van der Waals surface area contributed by atoms with Gasteiger partial charge in [0.25, 0.3) is 0 Å². The van der Waals surface area contributed by atoms with Gasteiger partial charge in [0.05, 0.1) is 0 Å². The summed E-state index contributed by atoms with van der Waals surface area (Å²) in [4.78, 5) is 17.2. The summed E-state index contributed by atoms with van der Waals surface area (Å²) in [6, 6.07) is 13.9. The van der Waals surface area contributed by atoms with Crippen LogP contribution in [0.2, 0.25) is 0 Å². The lowest BCUT2D eigenvalue weighted by atomic mass is 10.0. The topological polar surface area (TPSA) is 42.0 Å². The molecule has 114 valence electrons. The summed E-state index contributed by atoms with van der Waals surface area (Å²) < 4.78 is 0. The van der Waals surface area contributed by atoms with Gasteiger partial charge < -0.3 is 5.32 Å². The molecule has 3 aromatic rings. The van der Waals surface area contributed by atoms with Crippen molar-refractivity contribution in [1.82, 2.24) is 4.98 Å². The van der Waals surface area contributed by atoms with Crippen molar-refractivity contribution in [1.29, 1.82) is 0 Å². The first-order valence-corrected chi connectivity index (χ1v) is 8.14. The van der Waals surface area contributed by atoms with Crippen molar-refractivity contribution in [3.8, 4) is 11.1 Å². The third-order valence-electron chi connectivity index (χ3n) is 3.45. The van der Waals surface area contributed by atoms with Crippen molar-refractivity contribution in [2.24, 2.45) is 0 Å². The number of anilines is 1. The van der Waals surface area contributed by atoms with E-state index >= 15 is 0 Å². The van der Waals surface area contributed by atoms with Crippen LogP contribution in [-0.2, 0) is 4.79 Å². The van der Waals surface area contributed by atoms with Crippen LogP contribution >= 0.6 is 11.3 Å². The number of thiophene rings is 1. The van der Waals surface area contributed by atoms with Crippen LogP contribution in [0, 0.1) is 6.92 Å². The molecule has 2 heterocycles. The Kier molecular flexibility index (Phi) is 4.64. The van der Waals surface area contributed by atoms with Crippen LogP contribution in [0.3, 0.4) is 0 Å². The summed E-state index contributed by atoms with van der Waals surface area (Å²) in [5, 5.41) is 4.93. The molecule has 1 amide bonds. The number of nitrogens with one attached hydrogen (secondary N) is 1. The fourth-order valence-electron chi connectivity index (χ4n) is 2.20. The second-order valence-corrected chi connectivity index (χ2v) is 6.08. The highest BCUT2D eigenvalue weighted by molar-refractivity contribution is 7.10. The molecule has 1 N–H and O–H groups in total. The van der Waals surface area contributed by atoms with Crippen LogP contribution in [0.4, 0.5) is 5.69 Å². The Morgan fingerprint density at radius 3 is 2.70 bits per heavy atom. The normalized spacial score (nSPS) is 10.8. The van der Waals surface area contributed by atoms with Gasteiger partial charge in [-0.1, -0.05) is 18.2 Å². The first-order valence-electron chi connectivity index (χ1n) is 7.26. The van der Waals surface area contributed by atoms with Crippen molar-refractivity contribution < 1.29 is 4.79 Å². The van der Waals surface area contributed by atoms with Crippen LogP contribution < -0.4 is 5.32 Å². The predicted octanol–water partition coefficient (Wildman–Crippen LogP) is 4.77. The third-order valence-corrected chi connectivity index (χ3v) is 4.29. The number of aryl methyl sites for hydroxylation is 1. The maximum Gasteiger partial charge on any atom is 0.248 e. The molecule has 0 spiro atoms. The van der Waals surface area contributed by atoms with E-state index in [1.165, 1.54) is 0 Å². The number of pyridine rings is 1. The monoisotopic (exact) mass is 320 g/mol. The van der Waals surface area contributed by atoms with Crippen molar-refractivity contribution in [3.05, 3.63) is 76.8 Å². The average molecular weight is 320 g/mol. The molecule has 4 heteroatoms. The molecule has 3 rings (SSSR count). The molecule has 0 radical (unpaired) electrons. The highest BCUT2D eigenvalue weighted by Crippen LogP contribution is 2.25. The molecule has 0 bridgehead atoms. The first kappa shape index (κ1) is 15.2. The maximum absolute atomic E-state index is 12.1. The smallest absolute Gasteiger partial charge is 0.248 e. The van der Waals surface area contributed by atoms with Gasteiger partial charge in [-0.2, -0.15) is 0 Å².